The molecule has 0 bridgehead atoms. The van der Waals surface area contributed by atoms with E-state index in [9.17, 15) is 9.90 Å². The summed E-state index contributed by atoms with van der Waals surface area (Å²) in [4.78, 5) is 13.3. The zero-order valence-corrected chi connectivity index (χ0v) is 22.7. The minimum Gasteiger partial charge on any atom is -0.453 e. The molecule has 7 heteroatoms. The quantitative estimate of drug-likeness (QED) is 0.238. The summed E-state index contributed by atoms with van der Waals surface area (Å²) in [5.41, 5.74) is 3.24. The van der Waals surface area contributed by atoms with Crippen LogP contribution in [0.25, 0.3) is 0 Å². The number of benzene rings is 4. The number of esters is 1. The minimum absolute atomic E-state index is 0.0648. The predicted octanol–water partition coefficient (Wildman–Crippen LogP) is 5.32. The number of aliphatic hydroxyl groups excluding tert-OH is 1. The molecule has 1 aliphatic heterocycles. The van der Waals surface area contributed by atoms with Crippen LogP contribution in [0.3, 0.4) is 0 Å². The molecule has 0 aliphatic carbocycles. The van der Waals surface area contributed by atoms with E-state index in [4.69, 9.17) is 23.7 Å². The maximum atomic E-state index is 13.3. The first-order valence-electron chi connectivity index (χ1n) is 13.7. The highest BCUT2D eigenvalue weighted by molar-refractivity contribution is 5.89. The number of ether oxygens (including phenoxy) is 5. The molecular weight excluding hydrogens is 520 g/mol. The Morgan fingerprint density at radius 2 is 1.07 bits per heavy atom. The van der Waals surface area contributed by atoms with Crippen molar-refractivity contribution < 1.29 is 33.6 Å². The molecule has 5 rings (SSSR count). The van der Waals surface area contributed by atoms with Gasteiger partial charge < -0.3 is 28.8 Å². The Labute approximate surface area is 240 Å². The van der Waals surface area contributed by atoms with Gasteiger partial charge in [0.1, 0.15) is 18.3 Å². The standard InChI is InChI=1S/C34H34O7/c35-33(28-19-11-4-12-20-28)41-30-29(24-37-21-25-13-5-1-6-14-25)40-34(36)32(39-23-27-17-9-3-10-18-27)31(30)38-22-26-15-7-2-8-16-26/h1-20,29-32,34,36H,21-24H2/t29?,30-,31?,32?,34-/m0/s1. The molecule has 1 saturated heterocycles. The zero-order chi connectivity index (χ0) is 28.3. The van der Waals surface area contributed by atoms with E-state index in [1.807, 2.05) is 97.1 Å². The molecule has 4 aromatic rings. The Bertz CT molecular complexity index is 1320. The molecule has 1 N–H and O–H groups in total. The third kappa shape index (κ3) is 8.10. The van der Waals surface area contributed by atoms with E-state index in [2.05, 4.69) is 0 Å². The van der Waals surface area contributed by atoms with Gasteiger partial charge in [0.05, 0.1) is 32.0 Å². The second-order valence-corrected chi connectivity index (χ2v) is 9.82. The van der Waals surface area contributed by atoms with E-state index in [1.165, 1.54) is 0 Å². The van der Waals surface area contributed by atoms with Gasteiger partial charge in [-0.2, -0.15) is 0 Å². The van der Waals surface area contributed by atoms with Crippen LogP contribution in [0.15, 0.2) is 121 Å². The first kappa shape index (κ1) is 28.7. The summed E-state index contributed by atoms with van der Waals surface area (Å²) in [7, 11) is 0. The molecule has 1 fully saturated rings. The van der Waals surface area contributed by atoms with Crippen molar-refractivity contribution >= 4 is 5.97 Å². The molecule has 5 atom stereocenters. The van der Waals surface area contributed by atoms with E-state index in [-0.39, 0.29) is 19.8 Å². The van der Waals surface area contributed by atoms with Crippen molar-refractivity contribution in [2.45, 2.75) is 50.5 Å². The fraction of sp³-hybridized carbons (Fsp3) is 0.265. The van der Waals surface area contributed by atoms with Gasteiger partial charge in [0.25, 0.3) is 0 Å². The Balaban J connectivity index is 1.39. The highest BCUT2D eigenvalue weighted by Gasteiger charge is 2.49. The van der Waals surface area contributed by atoms with Crippen molar-refractivity contribution in [2.24, 2.45) is 0 Å². The SMILES string of the molecule is O=C(O[C@H]1C(COCc2ccccc2)O[C@H](O)C(OCc2ccccc2)C1OCc1ccccc1)c1ccccc1. The Kier molecular flexibility index (Phi) is 10.3. The van der Waals surface area contributed by atoms with Gasteiger partial charge in [-0.1, -0.05) is 109 Å². The molecule has 41 heavy (non-hydrogen) atoms. The molecule has 0 amide bonds. The molecule has 4 aromatic carbocycles. The fourth-order valence-electron chi connectivity index (χ4n) is 4.71. The third-order valence-electron chi connectivity index (χ3n) is 6.83. The van der Waals surface area contributed by atoms with Gasteiger partial charge in [-0.25, -0.2) is 4.79 Å². The normalized spacial score (nSPS) is 22.2. The molecule has 0 radical (unpaired) electrons. The maximum absolute atomic E-state index is 13.3. The Hall–Kier alpha value is -3.85. The maximum Gasteiger partial charge on any atom is 0.338 e. The number of hydrogen-bond donors (Lipinski definition) is 1. The van der Waals surface area contributed by atoms with E-state index in [0.29, 0.717) is 12.2 Å². The number of carbonyl (C=O) groups excluding carboxylic acids is 1. The zero-order valence-electron chi connectivity index (χ0n) is 22.7. The smallest absolute Gasteiger partial charge is 0.338 e. The van der Waals surface area contributed by atoms with Crippen LogP contribution < -0.4 is 0 Å². The van der Waals surface area contributed by atoms with Crippen molar-refractivity contribution in [3.05, 3.63) is 144 Å². The van der Waals surface area contributed by atoms with Crippen LogP contribution in [0.5, 0.6) is 0 Å². The Morgan fingerprint density at radius 3 is 1.61 bits per heavy atom. The van der Waals surface area contributed by atoms with E-state index >= 15 is 0 Å². The van der Waals surface area contributed by atoms with Crippen molar-refractivity contribution in [3.63, 3.8) is 0 Å². The molecule has 3 unspecified atom stereocenters. The monoisotopic (exact) mass is 554 g/mol. The summed E-state index contributed by atoms with van der Waals surface area (Å²) in [6.07, 6.45) is -4.85. The van der Waals surface area contributed by atoms with Crippen LogP contribution in [-0.4, -0.2) is 48.4 Å². The van der Waals surface area contributed by atoms with Crippen LogP contribution in [0.1, 0.15) is 27.0 Å². The first-order chi connectivity index (χ1) is 20.2. The average molecular weight is 555 g/mol. The predicted molar refractivity (Wildman–Crippen MR) is 153 cm³/mol. The highest BCUT2D eigenvalue weighted by atomic mass is 16.7. The summed E-state index contributed by atoms with van der Waals surface area (Å²) in [5.74, 6) is -0.529. The van der Waals surface area contributed by atoms with Crippen LogP contribution in [0.4, 0.5) is 0 Å². The summed E-state index contributed by atoms with van der Waals surface area (Å²) >= 11 is 0. The lowest BCUT2D eigenvalue weighted by atomic mass is 9.98. The van der Waals surface area contributed by atoms with E-state index in [0.717, 1.165) is 16.7 Å². The van der Waals surface area contributed by atoms with Gasteiger partial charge in [-0.3, -0.25) is 0 Å². The van der Waals surface area contributed by atoms with Crippen LogP contribution in [0, 0.1) is 0 Å². The first-order valence-corrected chi connectivity index (χ1v) is 13.7. The molecule has 1 heterocycles. The summed E-state index contributed by atoms with van der Waals surface area (Å²) < 4.78 is 30.6. The lowest BCUT2D eigenvalue weighted by Gasteiger charge is -2.44. The van der Waals surface area contributed by atoms with Crippen molar-refractivity contribution in [2.75, 3.05) is 6.61 Å². The molecule has 0 spiro atoms. The number of rotatable bonds is 12. The number of carbonyl (C=O) groups is 1. The molecule has 7 nitrogen and oxygen atoms in total. The molecular formula is C34H34O7. The largest absolute Gasteiger partial charge is 0.453 e. The molecule has 1 aliphatic rings. The van der Waals surface area contributed by atoms with Crippen molar-refractivity contribution in [3.8, 4) is 0 Å². The lowest BCUT2D eigenvalue weighted by molar-refractivity contribution is -0.308. The topological polar surface area (TPSA) is 83.5 Å². The van der Waals surface area contributed by atoms with Gasteiger partial charge in [0, 0.05) is 0 Å². The number of aliphatic hydroxyl groups is 1. The summed E-state index contributed by atoms with van der Waals surface area (Å²) in [6, 6.07) is 37.8. The minimum atomic E-state index is -1.34. The van der Waals surface area contributed by atoms with Crippen molar-refractivity contribution in [1.82, 2.24) is 0 Å². The Morgan fingerprint density at radius 1 is 0.610 bits per heavy atom. The summed E-state index contributed by atoms with van der Waals surface area (Å²) in [6.45, 7) is 0.834. The van der Waals surface area contributed by atoms with Crippen LogP contribution in [-0.2, 0) is 43.5 Å². The van der Waals surface area contributed by atoms with Gasteiger partial charge >= 0.3 is 5.97 Å². The molecule has 0 aromatic heterocycles. The van der Waals surface area contributed by atoms with Crippen LogP contribution in [0.2, 0.25) is 0 Å². The fourth-order valence-corrected chi connectivity index (χ4v) is 4.71. The molecule has 212 valence electrons. The summed E-state index contributed by atoms with van der Waals surface area (Å²) in [5, 5.41) is 11.1. The van der Waals surface area contributed by atoms with Crippen LogP contribution >= 0.6 is 0 Å². The van der Waals surface area contributed by atoms with Crippen molar-refractivity contribution in [1.29, 1.82) is 0 Å². The second kappa shape index (κ2) is 14.7. The number of hydrogen-bond acceptors (Lipinski definition) is 7. The van der Waals surface area contributed by atoms with E-state index in [1.54, 1.807) is 24.3 Å². The highest BCUT2D eigenvalue weighted by Crippen LogP contribution is 2.30. The van der Waals surface area contributed by atoms with E-state index < -0.39 is 36.7 Å². The lowest BCUT2D eigenvalue weighted by Crippen LogP contribution is -2.61. The second-order valence-electron chi connectivity index (χ2n) is 9.82. The average Bonchev–Trinajstić information content (AvgIpc) is 3.02. The van der Waals surface area contributed by atoms with Gasteiger partial charge in [0.15, 0.2) is 12.4 Å². The van der Waals surface area contributed by atoms with Gasteiger partial charge in [0.2, 0.25) is 0 Å². The third-order valence-corrected chi connectivity index (χ3v) is 6.83. The molecule has 0 saturated carbocycles. The van der Waals surface area contributed by atoms with Gasteiger partial charge in [-0.15, -0.1) is 0 Å². The van der Waals surface area contributed by atoms with Gasteiger partial charge in [-0.05, 0) is 28.8 Å².